The number of likely N-dealkylation sites (tertiary alicyclic amines) is 1. The molecule has 0 unspecified atom stereocenters. The second-order valence-corrected chi connectivity index (χ2v) is 11.1. The molecule has 1 heterocycles. The number of halogens is 2. The molecular formula is C26H27Cl2N3O3S. The van der Waals surface area contributed by atoms with Crippen LogP contribution >= 0.6 is 23.2 Å². The lowest BCUT2D eigenvalue weighted by Crippen LogP contribution is -2.40. The van der Waals surface area contributed by atoms with Gasteiger partial charge in [0.15, 0.2) is 0 Å². The summed E-state index contributed by atoms with van der Waals surface area (Å²) >= 11 is 12.2. The van der Waals surface area contributed by atoms with Gasteiger partial charge in [-0.1, -0.05) is 65.7 Å². The Labute approximate surface area is 216 Å². The smallest absolute Gasteiger partial charge is 0.264 e. The van der Waals surface area contributed by atoms with Crippen LogP contribution in [0.25, 0.3) is 0 Å². The van der Waals surface area contributed by atoms with Crippen molar-refractivity contribution in [1.82, 2.24) is 10.2 Å². The SMILES string of the molecule is O=C(CN(c1ccc(Cl)c(Cl)c1)S(=O)(=O)c1ccccc1)NCc1ccccc1CN1CCCC1. The Bertz CT molecular complexity index is 1280. The van der Waals surface area contributed by atoms with Crippen molar-refractivity contribution in [3.63, 3.8) is 0 Å². The number of rotatable bonds is 9. The summed E-state index contributed by atoms with van der Waals surface area (Å²) < 4.78 is 28.0. The van der Waals surface area contributed by atoms with Gasteiger partial charge in [0.2, 0.25) is 5.91 Å². The second kappa shape index (κ2) is 11.4. The van der Waals surface area contributed by atoms with Gasteiger partial charge >= 0.3 is 0 Å². The van der Waals surface area contributed by atoms with Crippen molar-refractivity contribution in [2.24, 2.45) is 0 Å². The monoisotopic (exact) mass is 531 g/mol. The molecule has 1 aliphatic rings. The van der Waals surface area contributed by atoms with Gasteiger partial charge in [0.05, 0.1) is 20.6 Å². The minimum Gasteiger partial charge on any atom is -0.350 e. The molecule has 3 aromatic carbocycles. The number of amides is 1. The molecule has 184 valence electrons. The Hall–Kier alpha value is -2.58. The van der Waals surface area contributed by atoms with E-state index in [1.807, 2.05) is 18.2 Å². The molecule has 1 N–H and O–H groups in total. The van der Waals surface area contributed by atoms with E-state index in [4.69, 9.17) is 23.2 Å². The number of anilines is 1. The Morgan fingerprint density at radius 2 is 1.54 bits per heavy atom. The van der Waals surface area contributed by atoms with Crippen LogP contribution < -0.4 is 9.62 Å². The van der Waals surface area contributed by atoms with E-state index in [9.17, 15) is 13.2 Å². The Morgan fingerprint density at radius 3 is 2.23 bits per heavy atom. The molecule has 0 aliphatic carbocycles. The molecule has 0 saturated carbocycles. The first-order chi connectivity index (χ1) is 16.8. The molecule has 1 fully saturated rings. The first-order valence-corrected chi connectivity index (χ1v) is 13.6. The minimum absolute atomic E-state index is 0.0785. The van der Waals surface area contributed by atoms with Crippen molar-refractivity contribution in [3.05, 3.63) is 94.0 Å². The summed E-state index contributed by atoms with van der Waals surface area (Å²) in [6, 6.07) is 20.5. The fourth-order valence-electron chi connectivity index (χ4n) is 4.12. The van der Waals surface area contributed by atoms with E-state index >= 15 is 0 Å². The maximum atomic E-state index is 13.5. The predicted molar refractivity (Wildman–Crippen MR) is 140 cm³/mol. The highest BCUT2D eigenvalue weighted by Gasteiger charge is 2.27. The lowest BCUT2D eigenvalue weighted by molar-refractivity contribution is -0.119. The molecule has 1 aliphatic heterocycles. The average molecular weight is 532 g/mol. The highest BCUT2D eigenvalue weighted by atomic mass is 35.5. The van der Waals surface area contributed by atoms with Crippen molar-refractivity contribution < 1.29 is 13.2 Å². The van der Waals surface area contributed by atoms with Crippen molar-refractivity contribution in [3.8, 4) is 0 Å². The first kappa shape index (κ1) is 25.5. The summed E-state index contributed by atoms with van der Waals surface area (Å²) in [5, 5.41) is 3.39. The van der Waals surface area contributed by atoms with Crippen LogP contribution in [0.5, 0.6) is 0 Å². The quantitative estimate of drug-likeness (QED) is 0.417. The lowest BCUT2D eigenvalue weighted by Gasteiger charge is -2.24. The Balaban J connectivity index is 1.53. The maximum absolute atomic E-state index is 13.5. The van der Waals surface area contributed by atoms with E-state index in [1.165, 1.54) is 43.2 Å². The number of sulfonamides is 1. The zero-order chi connectivity index (χ0) is 24.8. The molecule has 0 bridgehead atoms. The van der Waals surface area contributed by atoms with Crippen LogP contribution in [0.2, 0.25) is 10.0 Å². The van der Waals surface area contributed by atoms with Crippen LogP contribution in [-0.2, 0) is 27.9 Å². The van der Waals surface area contributed by atoms with Gasteiger partial charge in [-0.25, -0.2) is 8.42 Å². The summed E-state index contributed by atoms with van der Waals surface area (Å²) in [6.45, 7) is 2.91. The molecule has 0 radical (unpaired) electrons. The zero-order valence-corrected chi connectivity index (χ0v) is 21.5. The van der Waals surface area contributed by atoms with E-state index in [0.29, 0.717) is 11.6 Å². The Morgan fingerprint density at radius 1 is 0.886 bits per heavy atom. The van der Waals surface area contributed by atoms with Gasteiger partial charge in [0.1, 0.15) is 6.54 Å². The standard InChI is InChI=1S/C26H27Cl2N3O3S/c27-24-13-12-22(16-25(24)28)31(35(33,34)23-10-2-1-3-11-23)19-26(32)29-17-20-8-4-5-9-21(20)18-30-14-6-7-15-30/h1-5,8-13,16H,6-7,14-15,17-19H2,(H,29,32). The number of nitrogens with zero attached hydrogens (tertiary/aromatic N) is 2. The van der Waals surface area contributed by atoms with Crippen LogP contribution in [0, 0.1) is 0 Å². The molecule has 4 rings (SSSR count). The fraction of sp³-hybridized carbons (Fsp3) is 0.269. The number of carbonyl (C=O) groups is 1. The van der Waals surface area contributed by atoms with Crippen LogP contribution in [-0.4, -0.2) is 38.9 Å². The summed E-state index contributed by atoms with van der Waals surface area (Å²) in [5.74, 6) is -0.424. The first-order valence-electron chi connectivity index (χ1n) is 11.4. The van der Waals surface area contributed by atoms with E-state index in [2.05, 4.69) is 16.3 Å². The normalized spacial score (nSPS) is 14.1. The van der Waals surface area contributed by atoms with Crippen LogP contribution in [0.4, 0.5) is 5.69 Å². The molecule has 1 saturated heterocycles. The fourth-order valence-corrected chi connectivity index (χ4v) is 5.85. The van der Waals surface area contributed by atoms with Crippen molar-refractivity contribution in [2.75, 3.05) is 23.9 Å². The van der Waals surface area contributed by atoms with Crippen LogP contribution in [0.15, 0.2) is 77.7 Å². The maximum Gasteiger partial charge on any atom is 0.264 e. The molecular weight excluding hydrogens is 505 g/mol. The highest BCUT2D eigenvalue weighted by molar-refractivity contribution is 7.92. The van der Waals surface area contributed by atoms with Gasteiger partial charge in [-0.05, 0) is 67.4 Å². The second-order valence-electron chi connectivity index (χ2n) is 8.45. The van der Waals surface area contributed by atoms with Gasteiger partial charge < -0.3 is 5.32 Å². The highest BCUT2D eigenvalue weighted by Crippen LogP contribution is 2.30. The molecule has 0 spiro atoms. The van der Waals surface area contributed by atoms with Crippen molar-refractivity contribution in [2.45, 2.75) is 30.8 Å². The van der Waals surface area contributed by atoms with Gasteiger partial charge in [-0.15, -0.1) is 0 Å². The van der Waals surface area contributed by atoms with E-state index in [1.54, 1.807) is 18.2 Å². The summed E-state index contributed by atoms with van der Waals surface area (Å²) in [5.41, 5.74) is 2.43. The number of hydrogen-bond donors (Lipinski definition) is 1. The van der Waals surface area contributed by atoms with E-state index in [-0.39, 0.29) is 15.6 Å². The van der Waals surface area contributed by atoms with E-state index < -0.39 is 22.5 Å². The van der Waals surface area contributed by atoms with Gasteiger partial charge in [0, 0.05) is 13.1 Å². The van der Waals surface area contributed by atoms with Crippen LogP contribution in [0.1, 0.15) is 24.0 Å². The van der Waals surface area contributed by atoms with Gasteiger partial charge in [-0.2, -0.15) is 0 Å². The number of hydrogen-bond acceptors (Lipinski definition) is 4. The summed E-state index contributed by atoms with van der Waals surface area (Å²) in [6.07, 6.45) is 2.42. The number of nitrogens with one attached hydrogen (secondary N) is 1. The minimum atomic E-state index is -4.02. The summed E-state index contributed by atoms with van der Waals surface area (Å²) in [4.78, 5) is 15.5. The van der Waals surface area contributed by atoms with Crippen molar-refractivity contribution >= 4 is 44.8 Å². The third kappa shape index (κ3) is 6.35. The average Bonchev–Trinajstić information content (AvgIpc) is 3.37. The summed E-state index contributed by atoms with van der Waals surface area (Å²) in [7, 11) is -4.02. The molecule has 0 atom stereocenters. The molecule has 3 aromatic rings. The van der Waals surface area contributed by atoms with Gasteiger partial charge in [0.25, 0.3) is 10.0 Å². The van der Waals surface area contributed by atoms with Gasteiger partial charge in [-0.3, -0.25) is 14.0 Å². The number of benzene rings is 3. The largest absolute Gasteiger partial charge is 0.350 e. The van der Waals surface area contributed by atoms with E-state index in [0.717, 1.165) is 35.1 Å². The third-order valence-electron chi connectivity index (χ3n) is 6.00. The number of carbonyl (C=O) groups excluding carboxylic acids is 1. The molecule has 1 amide bonds. The zero-order valence-electron chi connectivity index (χ0n) is 19.2. The lowest BCUT2D eigenvalue weighted by atomic mass is 10.1. The molecule has 6 nitrogen and oxygen atoms in total. The molecule has 35 heavy (non-hydrogen) atoms. The molecule has 9 heteroatoms. The third-order valence-corrected chi connectivity index (χ3v) is 8.52. The topological polar surface area (TPSA) is 69.7 Å². The Kier molecular flexibility index (Phi) is 8.34. The predicted octanol–water partition coefficient (Wildman–Crippen LogP) is 5.10. The molecule has 0 aromatic heterocycles. The van der Waals surface area contributed by atoms with Crippen molar-refractivity contribution in [1.29, 1.82) is 0 Å². The van der Waals surface area contributed by atoms with Crippen LogP contribution in [0.3, 0.4) is 0 Å².